The summed E-state index contributed by atoms with van der Waals surface area (Å²) in [6.45, 7) is 1.68. The molecule has 0 bridgehead atoms. The lowest BCUT2D eigenvalue weighted by atomic mass is 10.2. The van der Waals surface area contributed by atoms with Crippen LogP contribution in [0.25, 0.3) is 5.69 Å². The highest BCUT2D eigenvalue weighted by atomic mass is 19.4. The zero-order valence-electron chi connectivity index (χ0n) is 12.8. The summed E-state index contributed by atoms with van der Waals surface area (Å²) in [7, 11) is 0. The van der Waals surface area contributed by atoms with Crippen molar-refractivity contribution in [2.24, 2.45) is 0 Å². The van der Waals surface area contributed by atoms with Crippen molar-refractivity contribution in [3.8, 4) is 5.69 Å². The van der Waals surface area contributed by atoms with Crippen molar-refractivity contribution in [1.82, 2.24) is 15.1 Å². The van der Waals surface area contributed by atoms with Crippen LogP contribution in [-0.4, -0.2) is 33.6 Å². The second kappa shape index (κ2) is 7.35. The van der Waals surface area contributed by atoms with Gasteiger partial charge in [-0.05, 0) is 31.5 Å². The number of benzene rings is 1. The summed E-state index contributed by atoms with van der Waals surface area (Å²) in [5, 5.41) is 17.9. The van der Waals surface area contributed by atoms with E-state index < -0.39 is 17.8 Å². The Labute approximate surface area is 136 Å². The summed E-state index contributed by atoms with van der Waals surface area (Å²) in [6.07, 6.45) is -2.58. The molecule has 0 saturated heterocycles. The molecule has 1 aromatic heterocycles. The van der Waals surface area contributed by atoms with Crippen molar-refractivity contribution in [1.29, 1.82) is 0 Å². The van der Waals surface area contributed by atoms with E-state index in [1.165, 1.54) is 29.1 Å². The highest BCUT2D eigenvalue weighted by molar-refractivity contribution is 5.88. The zero-order valence-corrected chi connectivity index (χ0v) is 12.8. The number of aromatic nitrogens is 2. The number of nitrogens with one attached hydrogen (secondary N) is 2. The third kappa shape index (κ3) is 4.72. The number of halogens is 3. The summed E-state index contributed by atoms with van der Waals surface area (Å²) < 4.78 is 39.4. The van der Waals surface area contributed by atoms with E-state index in [0.29, 0.717) is 6.42 Å². The van der Waals surface area contributed by atoms with Gasteiger partial charge in [0.25, 0.3) is 0 Å². The van der Waals surface area contributed by atoms with Gasteiger partial charge in [-0.25, -0.2) is 9.48 Å². The van der Waals surface area contributed by atoms with Crippen molar-refractivity contribution < 1.29 is 23.1 Å². The molecule has 0 saturated carbocycles. The number of aliphatic hydroxyl groups is 1. The SMILES string of the molecule is C[C@H](CCO)NC(=O)Nc1ccn(-c2cccc(C(F)(F)F)c2)n1. The number of alkyl halides is 3. The maximum Gasteiger partial charge on any atom is 0.416 e. The number of carbonyl (C=O) groups is 1. The van der Waals surface area contributed by atoms with E-state index in [1.807, 2.05) is 0 Å². The molecule has 0 aliphatic heterocycles. The topological polar surface area (TPSA) is 79.2 Å². The van der Waals surface area contributed by atoms with Gasteiger partial charge in [0.15, 0.2) is 5.82 Å². The van der Waals surface area contributed by atoms with Gasteiger partial charge in [0.1, 0.15) is 0 Å². The summed E-state index contributed by atoms with van der Waals surface area (Å²) in [4.78, 5) is 11.7. The van der Waals surface area contributed by atoms with E-state index in [2.05, 4.69) is 15.7 Å². The van der Waals surface area contributed by atoms with Gasteiger partial charge in [-0.3, -0.25) is 5.32 Å². The van der Waals surface area contributed by atoms with Gasteiger partial charge in [-0.2, -0.15) is 13.2 Å². The smallest absolute Gasteiger partial charge is 0.396 e. The molecule has 9 heteroatoms. The summed E-state index contributed by atoms with van der Waals surface area (Å²) in [5.74, 6) is 0.195. The monoisotopic (exact) mass is 342 g/mol. The largest absolute Gasteiger partial charge is 0.416 e. The number of nitrogens with zero attached hydrogens (tertiary/aromatic N) is 2. The van der Waals surface area contributed by atoms with Crippen molar-refractivity contribution in [2.45, 2.75) is 25.6 Å². The van der Waals surface area contributed by atoms with E-state index in [1.54, 1.807) is 6.92 Å². The lowest BCUT2D eigenvalue weighted by molar-refractivity contribution is -0.137. The summed E-state index contributed by atoms with van der Waals surface area (Å²) in [5.41, 5.74) is -0.549. The minimum Gasteiger partial charge on any atom is -0.396 e. The first-order chi connectivity index (χ1) is 11.3. The van der Waals surface area contributed by atoms with Gasteiger partial charge in [-0.15, -0.1) is 5.10 Å². The highest BCUT2D eigenvalue weighted by Crippen LogP contribution is 2.30. The van der Waals surface area contributed by atoms with Crippen molar-refractivity contribution in [3.63, 3.8) is 0 Å². The number of carbonyl (C=O) groups excluding carboxylic acids is 1. The van der Waals surface area contributed by atoms with Gasteiger partial charge in [0, 0.05) is 24.9 Å². The van der Waals surface area contributed by atoms with Crippen molar-refractivity contribution in [2.75, 3.05) is 11.9 Å². The van der Waals surface area contributed by atoms with E-state index in [0.717, 1.165) is 12.1 Å². The molecule has 3 N–H and O–H groups in total. The number of aliphatic hydroxyl groups excluding tert-OH is 1. The molecule has 1 aromatic carbocycles. The van der Waals surface area contributed by atoms with Crippen LogP contribution in [0.5, 0.6) is 0 Å². The predicted molar refractivity (Wildman–Crippen MR) is 81.9 cm³/mol. The molecule has 1 atom stereocenters. The molecule has 2 aromatic rings. The first-order valence-electron chi connectivity index (χ1n) is 7.21. The van der Waals surface area contributed by atoms with Gasteiger partial charge in [-0.1, -0.05) is 6.07 Å². The average molecular weight is 342 g/mol. The van der Waals surface area contributed by atoms with Crippen LogP contribution < -0.4 is 10.6 Å². The van der Waals surface area contributed by atoms with Crippen LogP contribution in [-0.2, 0) is 6.18 Å². The average Bonchev–Trinajstić information content (AvgIpc) is 2.95. The predicted octanol–water partition coefficient (Wildman–Crippen LogP) is 2.78. The Morgan fingerprint density at radius 1 is 1.38 bits per heavy atom. The molecular formula is C15H17F3N4O2. The molecule has 0 aliphatic carbocycles. The molecule has 2 amide bonds. The van der Waals surface area contributed by atoms with E-state index in [-0.39, 0.29) is 24.2 Å². The van der Waals surface area contributed by atoms with E-state index >= 15 is 0 Å². The lowest BCUT2D eigenvalue weighted by Crippen LogP contribution is -2.36. The fraction of sp³-hybridized carbons (Fsp3) is 0.333. The second-order valence-electron chi connectivity index (χ2n) is 5.21. The molecule has 0 aliphatic rings. The fourth-order valence-electron chi connectivity index (χ4n) is 2.00. The Morgan fingerprint density at radius 3 is 2.79 bits per heavy atom. The molecule has 0 unspecified atom stereocenters. The van der Waals surface area contributed by atoms with Crippen LogP contribution in [0.3, 0.4) is 0 Å². The van der Waals surface area contributed by atoms with Crippen LogP contribution in [0.2, 0.25) is 0 Å². The Bertz CT molecular complexity index is 700. The molecule has 24 heavy (non-hydrogen) atoms. The number of hydrogen-bond donors (Lipinski definition) is 3. The number of urea groups is 1. The molecule has 6 nitrogen and oxygen atoms in total. The number of rotatable bonds is 5. The Kier molecular flexibility index (Phi) is 5.45. The summed E-state index contributed by atoms with van der Waals surface area (Å²) in [6, 6.07) is 5.45. The van der Waals surface area contributed by atoms with Crippen LogP contribution in [0.15, 0.2) is 36.5 Å². The van der Waals surface area contributed by atoms with Gasteiger partial charge < -0.3 is 10.4 Å². The Hall–Kier alpha value is -2.55. The molecule has 0 spiro atoms. The molecule has 2 rings (SSSR count). The van der Waals surface area contributed by atoms with Crippen LogP contribution in [0.1, 0.15) is 18.9 Å². The van der Waals surface area contributed by atoms with Crippen LogP contribution in [0, 0.1) is 0 Å². The second-order valence-corrected chi connectivity index (χ2v) is 5.21. The molecule has 0 radical (unpaired) electrons. The molecular weight excluding hydrogens is 325 g/mol. The first kappa shape index (κ1) is 17.8. The van der Waals surface area contributed by atoms with Crippen LogP contribution >= 0.6 is 0 Å². The van der Waals surface area contributed by atoms with Crippen molar-refractivity contribution in [3.05, 3.63) is 42.1 Å². The zero-order chi connectivity index (χ0) is 17.7. The van der Waals surface area contributed by atoms with Gasteiger partial charge in [0.05, 0.1) is 11.3 Å². The Morgan fingerprint density at radius 2 is 2.12 bits per heavy atom. The molecule has 1 heterocycles. The van der Waals surface area contributed by atoms with E-state index in [9.17, 15) is 18.0 Å². The maximum absolute atomic E-state index is 12.7. The number of hydrogen-bond acceptors (Lipinski definition) is 3. The number of amides is 2. The first-order valence-corrected chi connectivity index (χ1v) is 7.21. The standard InChI is InChI=1S/C15H17F3N4O2/c1-10(6-8-23)19-14(24)20-13-5-7-22(21-13)12-4-2-3-11(9-12)15(16,17)18/h2-5,7,9-10,23H,6,8H2,1H3,(H2,19,20,21,24)/t10-/m1/s1. The fourth-order valence-corrected chi connectivity index (χ4v) is 2.00. The third-order valence-electron chi connectivity index (χ3n) is 3.21. The minimum atomic E-state index is -4.44. The van der Waals surface area contributed by atoms with E-state index in [4.69, 9.17) is 5.11 Å². The number of anilines is 1. The highest BCUT2D eigenvalue weighted by Gasteiger charge is 2.30. The lowest BCUT2D eigenvalue weighted by Gasteiger charge is -2.12. The van der Waals surface area contributed by atoms with Gasteiger partial charge in [0.2, 0.25) is 0 Å². The van der Waals surface area contributed by atoms with Crippen LogP contribution in [0.4, 0.5) is 23.8 Å². The molecule has 0 fully saturated rings. The normalized spacial score (nSPS) is 12.7. The maximum atomic E-state index is 12.7. The molecule has 130 valence electrons. The van der Waals surface area contributed by atoms with Gasteiger partial charge >= 0.3 is 12.2 Å². The Balaban J connectivity index is 2.07. The minimum absolute atomic E-state index is 0.0500. The quantitative estimate of drug-likeness (QED) is 0.782. The summed E-state index contributed by atoms with van der Waals surface area (Å²) >= 11 is 0. The van der Waals surface area contributed by atoms with Crippen molar-refractivity contribution >= 4 is 11.8 Å². The third-order valence-corrected chi connectivity index (χ3v) is 3.21.